The molecule has 1 amide bonds. The molecule has 7 heteroatoms. The minimum Gasteiger partial charge on any atom is -0.318 e. The highest BCUT2D eigenvalue weighted by Gasteiger charge is 2.18. The normalized spacial score (nSPS) is 10.8. The third kappa shape index (κ3) is 2.22. The van der Waals surface area contributed by atoms with Crippen LogP contribution in [0.25, 0.3) is 10.9 Å². The van der Waals surface area contributed by atoms with Crippen molar-refractivity contribution in [3.05, 3.63) is 59.5 Å². The zero-order valence-corrected chi connectivity index (χ0v) is 10.5. The molecule has 0 aliphatic rings. The lowest BCUT2D eigenvalue weighted by molar-refractivity contribution is 0.102. The van der Waals surface area contributed by atoms with Gasteiger partial charge in [-0.3, -0.25) is 9.89 Å². The van der Waals surface area contributed by atoms with Crippen LogP contribution < -0.4 is 5.32 Å². The van der Waals surface area contributed by atoms with Gasteiger partial charge in [0.1, 0.15) is 0 Å². The number of carbonyl (C=O) groups excluding carboxylic acids is 1. The minimum absolute atomic E-state index is 0.0368. The molecule has 3 aromatic rings. The molecule has 2 aromatic carbocycles. The van der Waals surface area contributed by atoms with Gasteiger partial charge in [0.05, 0.1) is 11.2 Å². The number of hydrogen-bond acceptors (Lipinski definition) is 2. The van der Waals surface area contributed by atoms with E-state index in [0.717, 1.165) is 12.1 Å². The number of rotatable bonds is 2. The number of carbonyl (C=O) groups is 1. The zero-order chi connectivity index (χ0) is 15.0. The van der Waals surface area contributed by atoms with E-state index in [2.05, 4.69) is 15.5 Å². The molecular weight excluding hydrogens is 283 g/mol. The van der Waals surface area contributed by atoms with Gasteiger partial charge < -0.3 is 5.32 Å². The maximum absolute atomic E-state index is 13.5. The first-order valence-electron chi connectivity index (χ1n) is 5.96. The van der Waals surface area contributed by atoms with E-state index in [1.165, 1.54) is 0 Å². The summed E-state index contributed by atoms with van der Waals surface area (Å²) in [6.45, 7) is 0. The van der Waals surface area contributed by atoms with Gasteiger partial charge in [0.15, 0.2) is 23.1 Å². The molecule has 0 aliphatic heterocycles. The molecule has 0 radical (unpaired) electrons. The number of hydrogen-bond donors (Lipinski definition) is 2. The van der Waals surface area contributed by atoms with Gasteiger partial charge in [0.2, 0.25) is 0 Å². The molecule has 0 fully saturated rings. The third-order valence-electron chi connectivity index (χ3n) is 2.97. The van der Waals surface area contributed by atoms with E-state index in [0.29, 0.717) is 10.9 Å². The van der Waals surface area contributed by atoms with Crippen molar-refractivity contribution in [2.75, 3.05) is 5.32 Å². The van der Waals surface area contributed by atoms with Gasteiger partial charge >= 0.3 is 0 Å². The highest BCUT2D eigenvalue weighted by atomic mass is 19.2. The van der Waals surface area contributed by atoms with E-state index in [1.807, 2.05) is 0 Å². The lowest BCUT2D eigenvalue weighted by Crippen LogP contribution is -2.14. The maximum Gasteiger partial charge on any atom is 0.276 e. The Morgan fingerprint density at radius 1 is 1.05 bits per heavy atom. The smallest absolute Gasteiger partial charge is 0.276 e. The van der Waals surface area contributed by atoms with E-state index in [-0.39, 0.29) is 5.69 Å². The Kier molecular flexibility index (Phi) is 3.09. The van der Waals surface area contributed by atoms with Crippen molar-refractivity contribution in [2.24, 2.45) is 0 Å². The monoisotopic (exact) mass is 291 g/mol. The van der Waals surface area contributed by atoms with Crippen molar-refractivity contribution in [1.29, 1.82) is 0 Å². The van der Waals surface area contributed by atoms with Crippen LogP contribution in [0.4, 0.5) is 18.9 Å². The molecule has 106 valence electrons. The summed E-state index contributed by atoms with van der Waals surface area (Å²) in [4.78, 5) is 12.1. The number of nitrogens with zero attached hydrogens (tertiary/aromatic N) is 1. The SMILES string of the molecule is O=C(Nc1ccc(F)c(F)c1F)c1n[nH]c2ccccc12. The fourth-order valence-electron chi connectivity index (χ4n) is 1.94. The fourth-order valence-corrected chi connectivity index (χ4v) is 1.94. The van der Waals surface area contributed by atoms with Crippen molar-refractivity contribution in [1.82, 2.24) is 10.2 Å². The van der Waals surface area contributed by atoms with Crippen LogP contribution in [0.5, 0.6) is 0 Å². The quantitative estimate of drug-likeness (QED) is 0.712. The number of para-hydroxylation sites is 1. The van der Waals surface area contributed by atoms with Crippen LogP contribution in [-0.4, -0.2) is 16.1 Å². The van der Waals surface area contributed by atoms with Gasteiger partial charge in [0, 0.05) is 5.39 Å². The lowest BCUT2D eigenvalue weighted by atomic mass is 10.2. The molecule has 0 atom stereocenters. The van der Waals surface area contributed by atoms with E-state index in [4.69, 9.17) is 0 Å². The summed E-state index contributed by atoms with van der Waals surface area (Å²) in [6, 6.07) is 8.54. The summed E-state index contributed by atoms with van der Waals surface area (Å²) in [5.74, 6) is -5.14. The standard InChI is InChI=1S/C14H8F3N3O/c15-8-5-6-10(12(17)11(8)16)18-14(21)13-7-3-1-2-4-9(7)19-20-13/h1-6H,(H,18,21)(H,19,20). The maximum atomic E-state index is 13.5. The number of amides is 1. The second-order valence-electron chi connectivity index (χ2n) is 4.29. The summed E-state index contributed by atoms with van der Waals surface area (Å²) in [7, 11) is 0. The molecule has 0 saturated heterocycles. The van der Waals surface area contributed by atoms with Gasteiger partial charge in [-0.1, -0.05) is 18.2 Å². The molecule has 21 heavy (non-hydrogen) atoms. The highest BCUT2D eigenvalue weighted by Crippen LogP contribution is 2.21. The van der Waals surface area contributed by atoms with E-state index >= 15 is 0 Å². The largest absolute Gasteiger partial charge is 0.318 e. The summed E-state index contributed by atoms with van der Waals surface area (Å²) in [5.41, 5.74) is 0.217. The Hall–Kier alpha value is -2.83. The fraction of sp³-hybridized carbons (Fsp3) is 0. The predicted octanol–water partition coefficient (Wildman–Crippen LogP) is 3.23. The minimum atomic E-state index is -1.64. The molecule has 0 unspecified atom stereocenters. The zero-order valence-electron chi connectivity index (χ0n) is 10.5. The summed E-state index contributed by atoms with van der Waals surface area (Å²) >= 11 is 0. The van der Waals surface area contributed by atoms with Gasteiger partial charge in [-0.2, -0.15) is 5.10 Å². The molecule has 4 nitrogen and oxygen atoms in total. The van der Waals surface area contributed by atoms with Crippen LogP contribution in [0, 0.1) is 17.5 Å². The molecule has 0 bridgehead atoms. The van der Waals surface area contributed by atoms with Gasteiger partial charge in [-0.25, -0.2) is 13.2 Å². The molecular formula is C14H8F3N3O. The van der Waals surface area contributed by atoms with Crippen molar-refractivity contribution in [3.63, 3.8) is 0 Å². The Bertz CT molecular complexity index is 845. The number of fused-ring (bicyclic) bond motifs is 1. The van der Waals surface area contributed by atoms with Crippen molar-refractivity contribution in [3.8, 4) is 0 Å². The van der Waals surface area contributed by atoms with Gasteiger partial charge in [0.25, 0.3) is 5.91 Å². The Morgan fingerprint density at radius 3 is 2.62 bits per heavy atom. The average Bonchev–Trinajstić information content (AvgIpc) is 2.92. The average molecular weight is 291 g/mol. The summed E-state index contributed by atoms with van der Waals surface area (Å²) < 4.78 is 39.5. The van der Waals surface area contributed by atoms with Crippen LogP contribution in [-0.2, 0) is 0 Å². The first-order valence-corrected chi connectivity index (χ1v) is 5.96. The van der Waals surface area contributed by atoms with Gasteiger partial charge in [-0.15, -0.1) is 0 Å². The number of nitrogens with one attached hydrogen (secondary N) is 2. The van der Waals surface area contributed by atoms with E-state index < -0.39 is 29.0 Å². The predicted molar refractivity (Wildman–Crippen MR) is 70.4 cm³/mol. The topological polar surface area (TPSA) is 57.8 Å². The number of anilines is 1. The van der Waals surface area contributed by atoms with Crippen LogP contribution >= 0.6 is 0 Å². The van der Waals surface area contributed by atoms with Crippen molar-refractivity contribution >= 4 is 22.5 Å². The molecule has 0 saturated carbocycles. The Balaban J connectivity index is 1.95. The summed E-state index contributed by atoms with van der Waals surface area (Å²) in [5, 5.41) is 9.19. The van der Waals surface area contributed by atoms with Crippen LogP contribution in [0.2, 0.25) is 0 Å². The lowest BCUT2D eigenvalue weighted by Gasteiger charge is -2.06. The Labute approximate surface area is 116 Å². The van der Waals surface area contributed by atoms with E-state index in [9.17, 15) is 18.0 Å². The van der Waals surface area contributed by atoms with Crippen molar-refractivity contribution in [2.45, 2.75) is 0 Å². The van der Waals surface area contributed by atoms with Crippen LogP contribution in [0.3, 0.4) is 0 Å². The third-order valence-corrected chi connectivity index (χ3v) is 2.97. The second kappa shape index (κ2) is 4.93. The molecule has 0 spiro atoms. The molecule has 0 aliphatic carbocycles. The molecule has 1 aromatic heterocycles. The van der Waals surface area contributed by atoms with Crippen LogP contribution in [0.1, 0.15) is 10.5 Å². The molecule has 1 heterocycles. The number of aromatic amines is 1. The number of H-pyrrole nitrogens is 1. The van der Waals surface area contributed by atoms with E-state index in [1.54, 1.807) is 24.3 Å². The number of benzene rings is 2. The Morgan fingerprint density at radius 2 is 1.81 bits per heavy atom. The number of halogens is 3. The van der Waals surface area contributed by atoms with Crippen LogP contribution in [0.15, 0.2) is 36.4 Å². The number of aromatic nitrogens is 2. The first-order chi connectivity index (χ1) is 10.1. The molecule has 3 rings (SSSR count). The van der Waals surface area contributed by atoms with Crippen molar-refractivity contribution < 1.29 is 18.0 Å². The highest BCUT2D eigenvalue weighted by molar-refractivity contribution is 6.11. The molecule has 2 N–H and O–H groups in total. The second-order valence-corrected chi connectivity index (χ2v) is 4.29. The first kappa shape index (κ1) is 13.2. The van der Waals surface area contributed by atoms with Gasteiger partial charge in [-0.05, 0) is 18.2 Å². The summed E-state index contributed by atoms with van der Waals surface area (Å²) in [6.07, 6.45) is 0.